The molecule has 5 nitrogen and oxygen atoms in total. The van der Waals surface area contributed by atoms with Gasteiger partial charge in [0.05, 0.1) is 4.90 Å². The molecule has 2 aromatic rings. The van der Waals surface area contributed by atoms with Crippen LogP contribution in [0.4, 0.5) is 13.9 Å². The molecule has 0 bridgehead atoms. The van der Waals surface area contributed by atoms with Crippen LogP contribution in [0, 0.1) is 11.6 Å². The van der Waals surface area contributed by atoms with Gasteiger partial charge in [-0.05, 0) is 18.2 Å². The van der Waals surface area contributed by atoms with Crippen LogP contribution in [0.25, 0.3) is 0 Å². The van der Waals surface area contributed by atoms with E-state index in [-0.39, 0.29) is 16.6 Å². The summed E-state index contributed by atoms with van der Waals surface area (Å²) in [6.07, 6.45) is 0. The fourth-order valence-electron chi connectivity index (χ4n) is 1.30. The van der Waals surface area contributed by atoms with Gasteiger partial charge in [0.1, 0.15) is 5.69 Å². The maximum atomic E-state index is 13.0. The molecule has 106 valence electrons. The van der Waals surface area contributed by atoms with E-state index < -0.39 is 26.6 Å². The van der Waals surface area contributed by atoms with Gasteiger partial charge < -0.3 is 0 Å². The third kappa shape index (κ3) is 2.99. The summed E-state index contributed by atoms with van der Waals surface area (Å²) in [5.41, 5.74) is 0.123. The third-order valence-electron chi connectivity index (χ3n) is 2.29. The summed E-state index contributed by atoms with van der Waals surface area (Å²) in [5.74, 6) is -2.71. The maximum Gasteiger partial charge on any atom is 0.263 e. The Balaban J connectivity index is 2.30. The highest BCUT2D eigenvalue weighted by Crippen LogP contribution is 2.21. The van der Waals surface area contributed by atoms with Crippen LogP contribution in [-0.4, -0.2) is 19.2 Å². The Kier molecular flexibility index (Phi) is 3.82. The summed E-state index contributed by atoms with van der Waals surface area (Å²) >= 11 is 0.917. The number of hydrogen-bond donors (Lipinski definition) is 1. The molecule has 0 saturated heterocycles. The predicted molar refractivity (Wildman–Crippen MR) is 69.3 cm³/mol. The molecule has 0 amide bonds. The second-order valence-electron chi connectivity index (χ2n) is 3.78. The minimum absolute atomic E-state index is 0.0278. The Morgan fingerprint density at radius 3 is 2.55 bits per heavy atom. The first-order valence-electron chi connectivity index (χ1n) is 5.24. The molecule has 1 heterocycles. The van der Waals surface area contributed by atoms with Crippen LogP contribution in [-0.2, 0) is 10.0 Å². The number of aromatic nitrogens is 1. The van der Waals surface area contributed by atoms with Gasteiger partial charge in [0.2, 0.25) is 0 Å². The van der Waals surface area contributed by atoms with E-state index in [4.69, 9.17) is 0 Å². The third-order valence-corrected chi connectivity index (χ3v) is 4.51. The number of halogens is 2. The summed E-state index contributed by atoms with van der Waals surface area (Å²) in [6.45, 7) is 1.29. The van der Waals surface area contributed by atoms with Gasteiger partial charge in [0.15, 0.2) is 22.5 Å². The molecule has 9 heteroatoms. The number of anilines is 1. The van der Waals surface area contributed by atoms with Gasteiger partial charge >= 0.3 is 0 Å². The lowest BCUT2D eigenvalue weighted by atomic mass is 10.3. The van der Waals surface area contributed by atoms with Gasteiger partial charge in [0.25, 0.3) is 10.0 Å². The molecule has 20 heavy (non-hydrogen) atoms. The Labute approximate surface area is 117 Å². The Morgan fingerprint density at radius 1 is 1.30 bits per heavy atom. The van der Waals surface area contributed by atoms with Crippen LogP contribution in [0.1, 0.15) is 17.4 Å². The van der Waals surface area contributed by atoms with Crippen molar-refractivity contribution in [2.24, 2.45) is 0 Å². The van der Waals surface area contributed by atoms with Crippen LogP contribution in [0.2, 0.25) is 0 Å². The second-order valence-corrected chi connectivity index (χ2v) is 6.32. The smallest absolute Gasteiger partial charge is 0.263 e. The van der Waals surface area contributed by atoms with Gasteiger partial charge in [-0.1, -0.05) is 0 Å². The second kappa shape index (κ2) is 5.25. The molecular weight excluding hydrogens is 310 g/mol. The largest absolute Gasteiger partial charge is 0.293 e. The topological polar surface area (TPSA) is 76.1 Å². The number of hydrogen-bond acceptors (Lipinski definition) is 5. The van der Waals surface area contributed by atoms with Crippen molar-refractivity contribution in [2.75, 3.05) is 4.72 Å². The van der Waals surface area contributed by atoms with E-state index in [2.05, 4.69) is 9.71 Å². The monoisotopic (exact) mass is 318 g/mol. The molecule has 0 radical (unpaired) electrons. The van der Waals surface area contributed by atoms with E-state index in [0.717, 1.165) is 17.4 Å². The van der Waals surface area contributed by atoms with Crippen molar-refractivity contribution in [3.8, 4) is 0 Å². The van der Waals surface area contributed by atoms with E-state index in [9.17, 15) is 22.0 Å². The number of ketones is 1. The number of nitrogens with one attached hydrogen (secondary N) is 1. The van der Waals surface area contributed by atoms with E-state index in [1.54, 1.807) is 0 Å². The number of rotatable bonds is 4. The quantitative estimate of drug-likeness (QED) is 0.878. The number of carbonyl (C=O) groups excluding carboxylic acids is 1. The summed E-state index contributed by atoms with van der Waals surface area (Å²) in [4.78, 5) is 14.4. The lowest BCUT2D eigenvalue weighted by molar-refractivity contribution is 0.101. The highest BCUT2D eigenvalue weighted by molar-refractivity contribution is 7.93. The zero-order valence-electron chi connectivity index (χ0n) is 10.1. The number of sulfonamides is 1. The van der Waals surface area contributed by atoms with Crippen LogP contribution in [0.3, 0.4) is 0 Å². The van der Waals surface area contributed by atoms with E-state index in [0.29, 0.717) is 12.1 Å². The highest BCUT2D eigenvalue weighted by Gasteiger charge is 2.18. The number of thiazole rings is 1. The lowest BCUT2D eigenvalue weighted by Gasteiger charge is -2.05. The van der Waals surface area contributed by atoms with Crippen LogP contribution in [0.5, 0.6) is 0 Å². The first-order chi connectivity index (χ1) is 9.29. The van der Waals surface area contributed by atoms with Crippen molar-refractivity contribution >= 4 is 32.3 Å². The maximum absolute atomic E-state index is 13.0. The van der Waals surface area contributed by atoms with E-state index in [1.807, 2.05) is 0 Å². The van der Waals surface area contributed by atoms with Gasteiger partial charge in [0, 0.05) is 12.3 Å². The normalized spacial score (nSPS) is 11.3. The molecule has 0 aliphatic heterocycles. The Morgan fingerprint density at radius 2 is 2.00 bits per heavy atom. The molecule has 0 unspecified atom stereocenters. The molecule has 1 aromatic carbocycles. The van der Waals surface area contributed by atoms with E-state index in [1.165, 1.54) is 12.3 Å². The van der Waals surface area contributed by atoms with Crippen molar-refractivity contribution in [3.05, 3.63) is 40.9 Å². The van der Waals surface area contributed by atoms with Gasteiger partial charge in [-0.25, -0.2) is 22.2 Å². The molecule has 1 N–H and O–H groups in total. The zero-order chi connectivity index (χ0) is 14.9. The number of benzene rings is 1. The van der Waals surface area contributed by atoms with Gasteiger partial charge in [-0.15, -0.1) is 11.3 Å². The molecule has 1 aromatic heterocycles. The van der Waals surface area contributed by atoms with Crippen LogP contribution in [0.15, 0.2) is 28.5 Å². The van der Waals surface area contributed by atoms with E-state index >= 15 is 0 Å². The predicted octanol–water partition coefficient (Wildman–Crippen LogP) is 2.42. The molecule has 0 atom stereocenters. The average Bonchev–Trinajstić information content (AvgIpc) is 2.80. The molecular formula is C11H8F2N2O3S2. The van der Waals surface area contributed by atoms with Gasteiger partial charge in [-0.2, -0.15) is 0 Å². The Bertz CT molecular complexity index is 772. The number of carbonyl (C=O) groups is 1. The summed E-state index contributed by atoms with van der Waals surface area (Å²) in [7, 11) is -4.09. The molecule has 0 saturated carbocycles. The first kappa shape index (κ1) is 14.5. The number of nitrogens with zero attached hydrogens (tertiary/aromatic N) is 1. The van der Waals surface area contributed by atoms with Gasteiger partial charge in [-0.3, -0.25) is 9.52 Å². The average molecular weight is 318 g/mol. The molecule has 0 aliphatic rings. The highest BCUT2D eigenvalue weighted by atomic mass is 32.2. The first-order valence-corrected chi connectivity index (χ1v) is 7.60. The standard InChI is InChI=1S/C11H8F2N2O3S2/c1-6(16)10-5-19-11(14-10)15-20(17,18)7-2-3-8(12)9(13)4-7/h2-5H,1H3,(H,14,15). The molecule has 0 spiro atoms. The lowest BCUT2D eigenvalue weighted by Crippen LogP contribution is -2.13. The molecule has 0 aliphatic carbocycles. The molecule has 2 rings (SSSR count). The minimum atomic E-state index is -4.09. The van der Waals surface area contributed by atoms with Crippen LogP contribution >= 0.6 is 11.3 Å². The van der Waals surface area contributed by atoms with Crippen molar-refractivity contribution < 1.29 is 22.0 Å². The summed E-state index contributed by atoms with van der Waals surface area (Å²) < 4.78 is 51.7. The van der Waals surface area contributed by atoms with Crippen molar-refractivity contribution in [2.45, 2.75) is 11.8 Å². The van der Waals surface area contributed by atoms with Crippen molar-refractivity contribution in [1.29, 1.82) is 0 Å². The zero-order valence-corrected chi connectivity index (χ0v) is 11.7. The fraction of sp³-hybridized carbons (Fsp3) is 0.0909. The summed E-state index contributed by atoms with van der Waals surface area (Å²) in [5, 5.41) is 1.37. The molecule has 0 fully saturated rings. The van der Waals surface area contributed by atoms with Crippen molar-refractivity contribution in [1.82, 2.24) is 4.98 Å². The van der Waals surface area contributed by atoms with Crippen molar-refractivity contribution in [3.63, 3.8) is 0 Å². The Hall–Kier alpha value is -1.87. The summed E-state index contributed by atoms with van der Waals surface area (Å²) in [6, 6.07) is 2.21. The fourth-order valence-corrected chi connectivity index (χ4v) is 3.31. The minimum Gasteiger partial charge on any atom is -0.293 e. The van der Waals surface area contributed by atoms with Crippen LogP contribution < -0.4 is 4.72 Å². The number of Topliss-reactive ketones (excluding diaryl/α,β-unsaturated/α-hetero) is 1. The SMILES string of the molecule is CC(=O)c1csc(NS(=O)(=O)c2ccc(F)c(F)c2)n1.